The topological polar surface area (TPSA) is 39.2 Å². The summed E-state index contributed by atoms with van der Waals surface area (Å²) >= 11 is 0. The summed E-state index contributed by atoms with van der Waals surface area (Å²) in [5.41, 5.74) is 0. The number of hydrogen-bond acceptors (Lipinski definition) is 5. The maximum absolute atomic E-state index is 9.42. The van der Waals surface area contributed by atoms with Crippen molar-refractivity contribution in [3.05, 3.63) is 24.3 Å². The van der Waals surface area contributed by atoms with E-state index in [9.17, 15) is 5.11 Å². The van der Waals surface area contributed by atoms with Crippen LogP contribution in [0.3, 0.4) is 0 Å². The highest BCUT2D eigenvalue weighted by molar-refractivity contribution is 5.30. The third kappa shape index (κ3) is 7.94. The largest absolute Gasteiger partial charge is 0.508 e. The first-order chi connectivity index (χ1) is 12.6. The van der Waals surface area contributed by atoms with Crippen LogP contribution in [0.25, 0.3) is 0 Å². The lowest BCUT2D eigenvalue weighted by Crippen LogP contribution is -2.48. The molecule has 1 atom stereocenters. The molecule has 5 heteroatoms. The molecular weight excluding hydrogens is 326 g/mol. The van der Waals surface area contributed by atoms with E-state index in [4.69, 9.17) is 4.74 Å². The molecule has 0 unspecified atom stereocenters. The van der Waals surface area contributed by atoms with Gasteiger partial charge in [0, 0.05) is 19.6 Å². The van der Waals surface area contributed by atoms with Crippen LogP contribution in [0, 0.1) is 0 Å². The van der Waals surface area contributed by atoms with Gasteiger partial charge < -0.3 is 19.6 Å². The second-order valence-electron chi connectivity index (χ2n) is 6.60. The number of rotatable bonds is 14. The van der Waals surface area contributed by atoms with E-state index in [-0.39, 0.29) is 5.75 Å². The van der Waals surface area contributed by atoms with Gasteiger partial charge in [0.05, 0.1) is 6.04 Å². The Morgan fingerprint density at radius 2 is 1.35 bits per heavy atom. The van der Waals surface area contributed by atoms with Gasteiger partial charge in [0.2, 0.25) is 0 Å². The predicted octanol–water partition coefficient (Wildman–Crippen LogP) is 3.15. The lowest BCUT2D eigenvalue weighted by molar-refractivity contribution is 0.100. The molecule has 1 rings (SSSR count). The monoisotopic (exact) mass is 365 g/mol. The lowest BCUT2D eigenvalue weighted by atomic mass is 10.2. The van der Waals surface area contributed by atoms with E-state index in [1.807, 2.05) is 12.1 Å². The maximum atomic E-state index is 9.42. The molecule has 0 bridgehead atoms. The van der Waals surface area contributed by atoms with Gasteiger partial charge in [-0.2, -0.15) is 0 Å². The molecule has 0 fully saturated rings. The van der Waals surface area contributed by atoms with E-state index in [0.717, 1.165) is 58.1 Å². The Hall–Kier alpha value is -1.30. The number of phenols is 1. The van der Waals surface area contributed by atoms with Crippen molar-refractivity contribution < 1.29 is 9.84 Å². The Morgan fingerprint density at radius 1 is 0.808 bits per heavy atom. The zero-order chi connectivity index (χ0) is 19.4. The molecule has 1 aromatic rings. The number of benzene rings is 1. The highest BCUT2D eigenvalue weighted by atomic mass is 16.5. The number of nitrogens with zero attached hydrogens (tertiary/aromatic N) is 3. The Morgan fingerprint density at radius 3 is 1.85 bits per heavy atom. The first-order valence-electron chi connectivity index (χ1n) is 10.2. The van der Waals surface area contributed by atoms with Gasteiger partial charge in [-0.05, 0) is 57.0 Å². The molecule has 0 saturated carbocycles. The number of phenolic OH excluding ortho intramolecular Hbond substituents is 1. The van der Waals surface area contributed by atoms with E-state index in [2.05, 4.69) is 49.3 Å². The van der Waals surface area contributed by atoms with Gasteiger partial charge in [-0.1, -0.05) is 34.6 Å². The quantitative estimate of drug-likeness (QED) is 0.548. The summed E-state index contributed by atoms with van der Waals surface area (Å²) < 4.78 is 6.03. The van der Waals surface area contributed by atoms with E-state index in [1.54, 1.807) is 12.1 Å². The fourth-order valence-electron chi connectivity index (χ4n) is 3.25. The average Bonchev–Trinajstić information content (AvgIpc) is 2.67. The van der Waals surface area contributed by atoms with Crippen LogP contribution in [-0.2, 0) is 0 Å². The molecule has 26 heavy (non-hydrogen) atoms. The number of hydrogen-bond donors (Lipinski definition) is 1. The molecule has 0 amide bonds. The summed E-state index contributed by atoms with van der Waals surface area (Å²) in [7, 11) is 0. The number of ether oxygens (including phenoxy) is 1. The van der Waals surface area contributed by atoms with Gasteiger partial charge in [-0.25, -0.2) is 0 Å². The molecule has 0 heterocycles. The summed E-state index contributed by atoms with van der Waals surface area (Å²) in [5.74, 6) is 1.08. The van der Waals surface area contributed by atoms with Crippen LogP contribution < -0.4 is 4.74 Å². The third-order valence-corrected chi connectivity index (χ3v) is 5.15. The van der Waals surface area contributed by atoms with Crippen molar-refractivity contribution in [3.8, 4) is 11.5 Å². The minimum atomic E-state index is 0.270. The van der Waals surface area contributed by atoms with E-state index in [0.29, 0.717) is 12.6 Å². The van der Waals surface area contributed by atoms with Crippen LogP contribution in [0.15, 0.2) is 24.3 Å². The lowest BCUT2D eigenvalue weighted by Gasteiger charge is -2.34. The van der Waals surface area contributed by atoms with Crippen LogP contribution in [0.5, 0.6) is 11.5 Å². The molecule has 0 aromatic heterocycles. The summed E-state index contributed by atoms with van der Waals surface area (Å²) in [6, 6.07) is 7.35. The molecule has 0 aliphatic rings. The smallest absolute Gasteiger partial charge is 0.119 e. The molecule has 5 nitrogen and oxygen atoms in total. The molecule has 0 aliphatic heterocycles. The van der Waals surface area contributed by atoms with Gasteiger partial charge in [0.25, 0.3) is 0 Å². The first-order valence-corrected chi connectivity index (χ1v) is 10.2. The van der Waals surface area contributed by atoms with E-state index >= 15 is 0 Å². The molecule has 0 saturated heterocycles. The molecular formula is C21H39N3O2. The fourth-order valence-corrected chi connectivity index (χ4v) is 3.25. The molecule has 0 aliphatic carbocycles. The molecule has 1 aromatic carbocycles. The normalized spacial score (nSPS) is 12.9. The van der Waals surface area contributed by atoms with Crippen LogP contribution in [0.2, 0.25) is 0 Å². The molecule has 1 N–H and O–H groups in total. The highest BCUT2D eigenvalue weighted by Gasteiger charge is 2.20. The van der Waals surface area contributed by atoms with Gasteiger partial charge in [0.1, 0.15) is 18.1 Å². The Kier molecular flexibility index (Phi) is 11.3. The number of likely N-dealkylation sites (N-methyl/N-ethyl adjacent to an activating group) is 3. The Bertz CT molecular complexity index is 459. The van der Waals surface area contributed by atoms with Crippen molar-refractivity contribution in [2.45, 2.75) is 40.7 Å². The summed E-state index contributed by atoms with van der Waals surface area (Å²) in [6.45, 7) is 20.3. The minimum absolute atomic E-state index is 0.270. The van der Waals surface area contributed by atoms with Crippen molar-refractivity contribution in [1.29, 1.82) is 0 Å². The number of aromatic hydroxyl groups is 1. The standard InChI is InChI=1S/C21H39N3O2/c1-6-22(7-2)15-16-23(8-3)17-19(24(9-4)10-5)18-26-21-13-11-20(25)12-14-21/h11-14,19,25H,6-10,15-18H2,1-5H3/t19-/m1/s1. The van der Waals surface area contributed by atoms with Gasteiger partial charge in [-0.15, -0.1) is 0 Å². The van der Waals surface area contributed by atoms with Crippen LogP contribution in [0.1, 0.15) is 34.6 Å². The van der Waals surface area contributed by atoms with Crippen LogP contribution in [-0.4, -0.2) is 84.8 Å². The zero-order valence-corrected chi connectivity index (χ0v) is 17.4. The van der Waals surface area contributed by atoms with Gasteiger partial charge in [0.15, 0.2) is 0 Å². The van der Waals surface area contributed by atoms with Crippen molar-refractivity contribution in [2.75, 3.05) is 59.0 Å². The van der Waals surface area contributed by atoms with Crippen molar-refractivity contribution >= 4 is 0 Å². The van der Waals surface area contributed by atoms with Gasteiger partial charge in [-0.3, -0.25) is 4.90 Å². The summed E-state index contributed by atoms with van der Waals surface area (Å²) in [5, 5.41) is 9.42. The fraction of sp³-hybridized carbons (Fsp3) is 0.714. The highest BCUT2D eigenvalue weighted by Crippen LogP contribution is 2.17. The van der Waals surface area contributed by atoms with Crippen molar-refractivity contribution in [1.82, 2.24) is 14.7 Å². The Balaban J connectivity index is 2.66. The molecule has 0 radical (unpaired) electrons. The first kappa shape index (κ1) is 22.7. The minimum Gasteiger partial charge on any atom is -0.508 e. The molecule has 0 spiro atoms. The SMILES string of the molecule is CCN(CC)CCN(CC)C[C@H](COc1ccc(O)cc1)N(CC)CC. The van der Waals surface area contributed by atoms with E-state index < -0.39 is 0 Å². The Labute approximate surface area is 160 Å². The maximum Gasteiger partial charge on any atom is 0.119 e. The summed E-state index contributed by atoms with van der Waals surface area (Å²) in [4.78, 5) is 7.48. The zero-order valence-electron chi connectivity index (χ0n) is 17.4. The van der Waals surface area contributed by atoms with E-state index in [1.165, 1.54) is 0 Å². The van der Waals surface area contributed by atoms with Gasteiger partial charge >= 0.3 is 0 Å². The van der Waals surface area contributed by atoms with Crippen LogP contribution in [0.4, 0.5) is 0 Å². The average molecular weight is 366 g/mol. The third-order valence-electron chi connectivity index (χ3n) is 5.15. The second kappa shape index (κ2) is 13.0. The molecule has 150 valence electrons. The summed E-state index contributed by atoms with van der Waals surface area (Å²) in [6.07, 6.45) is 0. The van der Waals surface area contributed by atoms with Crippen LogP contribution >= 0.6 is 0 Å². The van der Waals surface area contributed by atoms with Crippen molar-refractivity contribution in [2.24, 2.45) is 0 Å². The van der Waals surface area contributed by atoms with Crippen molar-refractivity contribution in [3.63, 3.8) is 0 Å². The predicted molar refractivity (Wildman–Crippen MR) is 110 cm³/mol. The second-order valence-corrected chi connectivity index (χ2v) is 6.60.